The zero-order valence-corrected chi connectivity index (χ0v) is 4.18. The number of nitrogens with zero attached hydrogens (tertiary/aromatic N) is 2. The van der Waals surface area contributed by atoms with Crippen molar-refractivity contribution in [3.63, 3.8) is 0 Å². The van der Waals surface area contributed by atoms with Crippen molar-refractivity contribution in [2.45, 2.75) is 13.3 Å². The van der Waals surface area contributed by atoms with Crippen molar-refractivity contribution in [1.82, 2.24) is 0 Å². The summed E-state index contributed by atoms with van der Waals surface area (Å²) in [6.45, 7) is 1.82. The van der Waals surface area contributed by atoms with Gasteiger partial charge in [-0.2, -0.15) is 10.5 Å². The van der Waals surface area contributed by atoms with E-state index < -0.39 is 5.92 Å². The quantitative estimate of drug-likeness (QED) is 0.487. The van der Waals surface area contributed by atoms with Gasteiger partial charge in [-0.15, -0.1) is 0 Å². The Labute approximate surface area is 43.0 Å². The Kier molecular flexibility index (Phi) is 2.72. The van der Waals surface area contributed by atoms with E-state index in [2.05, 4.69) is 0 Å². The molecule has 36 valence electrons. The predicted octanol–water partition coefficient (Wildman–Crippen LogP) is 1.06. The van der Waals surface area contributed by atoms with Crippen LogP contribution in [-0.4, -0.2) is 0 Å². The molecule has 2 heteroatoms. The Hall–Kier alpha value is -1.02. The van der Waals surface area contributed by atoms with Crippen molar-refractivity contribution < 1.29 is 0 Å². The summed E-state index contributed by atoms with van der Waals surface area (Å²) in [7, 11) is 0. The molecule has 0 aromatic carbocycles. The van der Waals surface area contributed by atoms with E-state index in [-0.39, 0.29) is 0 Å². The van der Waals surface area contributed by atoms with Gasteiger partial charge in [-0.05, 0) is 6.42 Å². The van der Waals surface area contributed by atoms with E-state index in [1.165, 1.54) is 0 Å². The number of rotatable bonds is 1. The molecule has 0 unspecified atom stereocenters. The summed E-state index contributed by atoms with van der Waals surface area (Å²) in [5.74, 6) is -0.403. The lowest BCUT2D eigenvalue weighted by atomic mass is 10.1. The maximum absolute atomic E-state index is 8.05. The van der Waals surface area contributed by atoms with Gasteiger partial charge in [0.25, 0.3) is 0 Å². The summed E-state index contributed by atoms with van der Waals surface area (Å²) in [4.78, 5) is 0. The first-order valence-corrected chi connectivity index (χ1v) is 2.14. The molecule has 0 aromatic rings. The van der Waals surface area contributed by atoms with Gasteiger partial charge in [-0.1, -0.05) is 6.92 Å². The monoisotopic (exact) mass is 94.1 g/mol. The lowest BCUT2D eigenvalue weighted by molar-refractivity contribution is 0.802. The van der Waals surface area contributed by atoms with E-state index in [0.717, 1.165) is 0 Å². The van der Waals surface area contributed by atoms with Gasteiger partial charge < -0.3 is 0 Å². The molecule has 0 fully saturated rings. The average molecular weight is 94.1 g/mol. The minimum atomic E-state index is -0.403. The summed E-state index contributed by atoms with van der Waals surface area (Å²) < 4.78 is 0. The molecule has 0 aliphatic heterocycles. The zero-order valence-electron chi connectivity index (χ0n) is 4.18. The standard InChI is InChI=1S/C5H6N2/c1-2-5(3-6)4-7/h5H,2H2,1H3. The predicted molar refractivity (Wildman–Crippen MR) is 25.0 cm³/mol. The molecule has 0 heterocycles. The Bertz CT molecular complexity index is 101. The number of nitriles is 2. The highest BCUT2D eigenvalue weighted by molar-refractivity contribution is 4.97. The van der Waals surface area contributed by atoms with Crippen LogP contribution < -0.4 is 0 Å². The molecule has 0 amide bonds. The lowest BCUT2D eigenvalue weighted by Crippen LogP contribution is -1.86. The Morgan fingerprint density at radius 3 is 1.86 bits per heavy atom. The molecule has 0 saturated heterocycles. The van der Waals surface area contributed by atoms with Gasteiger partial charge in [0.15, 0.2) is 0 Å². The highest BCUT2D eigenvalue weighted by Crippen LogP contribution is 1.94. The van der Waals surface area contributed by atoms with Crippen molar-refractivity contribution in [3.8, 4) is 12.1 Å². The second-order valence-electron chi connectivity index (χ2n) is 1.22. The fourth-order valence-corrected chi connectivity index (χ4v) is 0.211. The average Bonchev–Trinajstić information content (AvgIpc) is 1.72. The van der Waals surface area contributed by atoms with Crippen LogP contribution in [0.25, 0.3) is 0 Å². The number of hydrogen-bond donors (Lipinski definition) is 0. The molecule has 0 bridgehead atoms. The van der Waals surface area contributed by atoms with Crippen LogP contribution in [0.4, 0.5) is 0 Å². The van der Waals surface area contributed by atoms with E-state index in [1.54, 1.807) is 0 Å². The van der Waals surface area contributed by atoms with Crippen molar-refractivity contribution in [2.24, 2.45) is 5.92 Å². The molecule has 7 heavy (non-hydrogen) atoms. The first-order valence-electron chi connectivity index (χ1n) is 2.14. The Morgan fingerprint density at radius 2 is 1.86 bits per heavy atom. The summed E-state index contributed by atoms with van der Waals surface area (Å²) >= 11 is 0. The molecule has 0 saturated carbocycles. The molecule has 0 N–H and O–H groups in total. The molecule has 0 rings (SSSR count). The highest BCUT2D eigenvalue weighted by atomic mass is 14.3. The smallest absolute Gasteiger partial charge is 0.133 e. The van der Waals surface area contributed by atoms with E-state index in [0.29, 0.717) is 6.42 Å². The molecule has 2 nitrogen and oxygen atoms in total. The molecule has 0 spiro atoms. The van der Waals surface area contributed by atoms with Gasteiger partial charge in [0.05, 0.1) is 12.1 Å². The summed E-state index contributed by atoms with van der Waals surface area (Å²) in [5, 5.41) is 16.1. The van der Waals surface area contributed by atoms with Crippen molar-refractivity contribution in [2.75, 3.05) is 0 Å². The normalized spacial score (nSPS) is 7.43. The molecular formula is C5H6N2. The zero-order chi connectivity index (χ0) is 5.70. The van der Waals surface area contributed by atoms with Crippen LogP contribution in [0.15, 0.2) is 0 Å². The second kappa shape index (κ2) is 3.18. The molecule has 0 atom stereocenters. The molecule has 0 radical (unpaired) electrons. The van der Waals surface area contributed by atoms with Gasteiger partial charge in [0, 0.05) is 0 Å². The minimum Gasteiger partial charge on any atom is -0.197 e. The van der Waals surface area contributed by atoms with Crippen LogP contribution in [0, 0.1) is 28.6 Å². The minimum absolute atomic E-state index is 0.403. The van der Waals surface area contributed by atoms with E-state index >= 15 is 0 Å². The van der Waals surface area contributed by atoms with Gasteiger partial charge in [0.1, 0.15) is 5.92 Å². The highest BCUT2D eigenvalue weighted by Gasteiger charge is 1.96. The topological polar surface area (TPSA) is 47.6 Å². The van der Waals surface area contributed by atoms with Crippen molar-refractivity contribution >= 4 is 0 Å². The molecule has 0 aromatic heterocycles. The molecular weight excluding hydrogens is 88.1 g/mol. The first-order chi connectivity index (χ1) is 3.35. The van der Waals surface area contributed by atoms with Crippen molar-refractivity contribution in [1.29, 1.82) is 10.5 Å². The Balaban J connectivity index is 3.50. The van der Waals surface area contributed by atoms with Gasteiger partial charge in [0.2, 0.25) is 0 Å². The maximum atomic E-state index is 8.05. The fourth-order valence-electron chi connectivity index (χ4n) is 0.211. The third-order valence-electron chi connectivity index (χ3n) is 0.720. The van der Waals surface area contributed by atoms with Gasteiger partial charge >= 0.3 is 0 Å². The van der Waals surface area contributed by atoms with E-state index in [4.69, 9.17) is 10.5 Å². The Morgan fingerprint density at radius 1 is 1.43 bits per heavy atom. The third kappa shape index (κ3) is 1.78. The van der Waals surface area contributed by atoms with Crippen LogP contribution >= 0.6 is 0 Å². The first kappa shape index (κ1) is 5.98. The second-order valence-corrected chi connectivity index (χ2v) is 1.22. The van der Waals surface area contributed by atoms with E-state index in [9.17, 15) is 0 Å². The van der Waals surface area contributed by atoms with Crippen LogP contribution in [-0.2, 0) is 0 Å². The number of hydrogen-bond acceptors (Lipinski definition) is 2. The maximum Gasteiger partial charge on any atom is 0.133 e. The summed E-state index contributed by atoms with van der Waals surface area (Å²) in [5.41, 5.74) is 0. The molecule has 0 aliphatic carbocycles. The van der Waals surface area contributed by atoms with Crippen LogP contribution in [0.5, 0.6) is 0 Å². The van der Waals surface area contributed by atoms with Crippen molar-refractivity contribution in [3.05, 3.63) is 0 Å². The van der Waals surface area contributed by atoms with E-state index in [1.807, 2.05) is 19.1 Å². The fraction of sp³-hybridized carbons (Fsp3) is 0.600. The molecule has 0 aliphatic rings. The SMILES string of the molecule is CCC(C#N)C#N. The summed E-state index contributed by atoms with van der Waals surface area (Å²) in [6, 6.07) is 3.68. The third-order valence-corrected chi connectivity index (χ3v) is 0.720. The lowest BCUT2D eigenvalue weighted by Gasteiger charge is -1.84. The van der Waals surface area contributed by atoms with Gasteiger partial charge in [-0.3, -0.25) is 0 Å². The van der Waals surface area contributed by atoms with Crippen LogP contribution in [0.2, 0.25) is 0 Å². The summed E-state index contributed by atoms with van der Waals surface area (Å²) in [6.07, 6.45) is 0.632. The van der Waals surface area contributed by atoms with Crippen LogP contribution in [0.3, 0.4) is 0 Å². The van der Waals surface area contributed by atoms with Crippen LogP contribution in [0.1, 0.15) is 13.3 Å². The largest absolute Gasteiger partial charge is 0.197 e. The van der Waals surface area contributed by atoms with Gasteiger partial charge in [-0.25, -0.2) is 0 Å².